The smallest absolute Gasteiger partial charge is 0.254 e. The van der Waals surface area contributed by atoms with Crippen molar-refractivity contribution in [3.63, 3.8) is 0 Å². The van der Waals surface area contributed by atoms with Crippen LogP contribution in [0.1, 0.15) is 43.0 Å². The number of halogens is 1. The largest absolute Gasteiger partial charge is 0.371 e. The highest BCUT2D eigenvalue weighted by molar-refractivity contribution is 5.95. The molecule has 1 amide bonds. The summed E-state index contributed by atoms with van der Waals surface area (Å²) in [6, 6.07) is 1.41. The second-order valence-corrected chi connectivity index (χ2v) is 5.50. The van der Waals surface area contributed by atoms with Crippen molar-refractivity contribution >= 4 is 11.7 Å². The van der Waals surface area contributed by atoms with Gasteiger partial charge in [0.2, 0.25) is 0 Å². The molecule has 4 nitrogen and oxygen atoms in total. The Balaban J connectivity index is 1.98. The van der Waals surface area contributed by atoms with Crippen molar-refractivity contribution in [2.45, 2.75) is 32.6 Å². The van der Waals surface area contributed by atoms with E-state index in [1.807, 2.05) is 0 Å². The Morgan fingerprint density at radius 2 is 2.20 bits per heavy atom. The molecule has 1 heterocycles. The van der Waals surface area contributed by atoms with E-state index < -0.39 is 5.82 Å². The molecule has 2 N–H and O–H groups in total. The van der Waals surface area contributed by atoms with Gasteiger partial charge in [0.15, 0.2) is 11.6 Å². The fraction of sp³-hybridized carbons (Fsp3) is 0.600. The average Bonchev–Trinajstić information content (AvgIpc) is 2.46. The molecule has 0 radical (unpaired) electrons. The molecule has 1 saturated carbocycles. The number of amides is 1. The Kier molecular flexibility index (Phi) is 4.93. The number of hydrogen-bond acceptors (Lipinski definition) is 3. The third-order valence-electron chi connectivity index (χ3n) is 4.18. The average molecular weight is 279 g/mol. The standard InChI is InChI=1S/C15H22FN3O/c1-10-5-3-4-6-11(10)9-19-15(20)12-7-8-18-14(17-2)13(12)16/h7-8,10-11H,3-6,9H2,1-2H3,(H,17,18)(H,19,20). The summed E-state index contributed by atoms with van der Waals surface area (Å²) in [7, 11) is 1.58. The van der Waals surface area contributed by atoms with Crippen LogP contribution < -0.4 is 10.6 Å². The van der Waals surface area contributed by atoms with Crippen LogP contribution in [0.5, 0.6) is 0 Å². The lowest BCUT2D eigenvalue weighted by Crippen LogP contribution is -2.34. The van der Waals surface area contributed by atoms with E-state index in [2.05, 4.69) is 22.5 Å². The van der Waals surface area contributed by atoms with E-state index in [9.17, 15) is 9.18 Å². The predicted molar refractivity (Wildman–Crippen MR) is 77.2 cm³/mol. The van der Waals surface area contributed by atoms with Gasteiger partial charge in [-0.15, -0.1) is 0 Å². The molecule has 2 rings (SSSR count). The molecule has 110 valence electrons. The molecule has 1 aromatic heterocycles. The fourth-order valence-electron chi connectivity index (χ4n) is 2.81. The van der Waals surface area contributed by atoms with Gasteiger partial charge in [-0.05, 0) is 24.3 Å². The van der Waals surface area contributed by atoms with E-state index in [1.165, 1.54) is 31.5 Å². The molecule has 1 aromatic rings. The Labute approximate surface area is 119 Å². The zero-order valence-corrected chi connectivity index (χ0v) is 12.1. The van der Waals surface area contributed by atoms with Crippen molar-refractivity contribution in [2.75, 3.05) is 18.9 Å². The molecule has 2 unspecified atom stereocenters. The zero-order valence-electron chi connectivity index (χ0n) is 12.1. The number of carbonyl (C=O) groups excluding carboxylic acids is 1. The van der Waals surface area contributed by atoms with Crippen molar-refractivity contribution in [1.29, 1.82) is 0 Å². The maximum Gasteiger partial charge on any atom is 0.254 e. The van der Waals surface area contributed by atoms with Gasteiger partial charge in [-0.3, -0.25) is 4.79 Å². The molecular formula is C15H22FN3O. The lowest BCUT2D eigenvalue weighted by Gasteiger charge is -2.28. The molecule has 1 aliphatic rings. The Bertz CT molecular complexity index is 478. The summed E-state index contributed by atoms with van der Waals surface area (Å²) < 4.78 is 14.0. The summed E-state index contributed by atoms with van der Waals surface area (Å²) in [6.07, 6.45) is 6.29. The molecule has 0 saturated heterocycles. The van der Waals surface area contributed by atoms with Crippen molar-refractivity contribution in [3.05, 3.63) is 23.6 Å². The number of nitrogens with one attached hydrogen (secondary N) is 2. The first kappa shape index (κ1) is 14.8. The number of anilines is 1. The summed E-state index contributed by atoms with van der Waals surface area (Å²) in [4.78, 5) is 15.9. The van der Waals surface area contributed by atoms with Crippen molar-refractivity contribution in [2.24, 2.45) is 11.8 Å². The predicted octanol–water partition coefficient (Wildman–Crippen LogP) is 2.82. The van der Waals surface area contributed by atoms with Crippen LogP contribution in [-0.4, -0.2) is 24.5 Å². The molecule has 2 atom stereocenters. The molecule has 0 spiro atoms. The Morgan fingerprint density at radius 3 is 2.90 bits per heavy atom. The lowest BCUT2D eigenvalue weighted by atomic mass is 9.80. The Morgan fingerprint density at radius 1 is 1.45 bits per heavy atom. The summed E-state index contributed by atoms with van der Waals surface area (Å²) in [5.41, 5.74) is 0.0489. The van der Waals surface area contributed by atoms with Gasteiger partial charge < -0.3 is 10.6 Å². The molecule has 1 fully saturated rings. The molecule has 20 heavy (non-hydrogen) atoms. The van der Waals surface area contributed by atoms with E-state index in [0.717, 1.165) is 6.42 Å². The van der Waals surface area contributed by atoms with Crippen LogP contribution >= 0.6 is 0 Å². The summed E-state index contributed by atoms with van der Waals surface area (Å²) in [5, 5.41) is 5.49. The van der Waals surface area contributed by atoms with Crippen LogP contribution in [0, 0.1) is 17.7 Å². The van der Waals surface area contributed by atoms with Gasteiger partial charge >= 0.3 is 0 Å². The van der Waals surface area contributed by atoms with Crippen LogP contribution in [0.15, 0.2) is 12.3 Å². The second kappa shape index (κ2) is 6.68. The highest BCUT2D eigenvalue weighted by atomic mass is 19.1. The van der Waals surface area contributed by atoms with Gasteiger partial charge in [-0.2, -0.15) is 0 Å². The first-order chi connectivity index (χ1) is 9.63. The monoisotopic (exact) mass is 279 g/mol. The number of aromatic nitrogens is 1. The SMILES string of the molecule is CNc1nccc(C(=O)NCC2CCCCC2C)c1F. The molecular weight excluding hydrogens is 257 g/mol. The second-order valence-electron chi connectivity index (χ2n) is 5.50. The maximum absolute atomic E-state index is 14.0. The van der Waals surface area contributed by atoms with Crippen molar-refractivity contribution in [1.82, 2.24) is 10.3 Å². The lowest BCUT2D eigenvalue weighted by molar-refractivity contribution is 0.0932. The molecule has 0 aliphatic heterocycles. The van der Waals surface area contributed by atoms with Gasteiger partial charge in [0.1, 0.15) is 0 Å². The number of rotatable bonds is 4. The van der Waals surface area contributed by atoms with Crippen molar-refractivity contribution in [3.8, 4) is 0 Å². The summed E-state index contributed by atoms with van der Waals surface area (Å²) in [5.74, 6) is 0.271. The van der Waals surface area contributed by atoms with E-state index in [0.29, 0.717) is 18.4 Å². The minimum Gasteiger partial charge on any atom is -0.371 e. The van der Waals surface area contributed by atoms with E-state index in [1.54, 1.807) is 7.05 Å². The zero-order chi connectivity index (χ0) is 14.5. The highest BCUT2D eigenvalue weighted by Gasteiger charge is 2.22. The Hall–Kier alpha value is -1.65. The third-order valence-corrected chi connectivity index (χ3v) is 4.18. The van der Waals surface area contributed by atoms with Crippen molar-refractivity contribution < 1.29 is 9.18 Å². The van der Waals surface area contributed by atoms with Gasteiger partial charge in [0.25, 0.3) is 5.91 Å². The first-order valence-electron chi connectivity index (χ1n) is 7.24. The molecule has 5 heteroatoms. The quantitative estimate of drug-likeness (QED) is 0.891. The number of nitrogens with zero attached hydrogens (tertiary/aromatic N) is 1. The number of pyridine rings is 1. The van der Waals surface area contributed by atoms with Gasteiger partial charge in [0, 0.05) is 19.8 Å². The van der Waals surface area contributed by atoms with E-state index in [4.69, 9.17) is 0 Å². The number of carbonyl (C=O) groups is 1. The van der Waals surface area contributed by atoms with Gasteiger partial charge in [-0.25, -0.2) is 9.37 Å². The van der Waals surface area contributed by atoms with Gasteiger partial charge in [0.05, 0.1) is 5.56 Å². The normalized spacial score (nSPS) is 22.4. The van der Waals surface area contributed by atoms with Crippen LogP contribution in [0.25, 0.3) is 0 Å². The topological polar surface area (TPSA) is 54.0 Å². The summed E-state index contributed by atoms with van der Waals surface area (Å²) >= 11 is 0. The number of hydrogen-bond donors (Lipinski definition) is 2. The summed E-state index contributed by atoms with van der Waals surface area (Å²) in [6.45, 7) is 2.85. The third kappa shape index (κ3) is 3.26. The first-order valence-corrected chi connectivity index (χ1v) is 7.24. The van der Waals surface area contributed by atoms with E-state index in [-0.39, 0.29) is 17.3 Å². The van der Waals surface area contributed by atoms with E-state index >= 15 is 0 Å². The molecule has 1 aliphatic carbocycles. The minimum absolute atomic E-state index is 0.0489. The maximum atomic E-state index is 14.0. The molecule has 0 aromatic carbocycles. The minimum atomic E-state index is -0.593. The van der Waals surface area contributed by atoms with Crippen LogP contribution in [0.4, 0.5) is 10.2 Å². The van der Waals surface area contributed by atoms with Crippen LogP contribution in [0.2, 0.25) is 0 Å². The van der Waals surface area contributed by atoms with Crippen LogP contribution in [-0.2, 0) is 0 Å². The fourth-order valence-corrected chi connectivity index (χ4v) is 2.81. The van der Waals surface area contributed by atoms with Gasteiger partial charge in [-0.1, -0.05) is 26.2 Å². The highest BCUT2D eigenvalue weighted by Crippen LogP contribution is 2.29. The van der Waals surface area contributed by atoms with Crippen LogP contribution in [0.3, 0.4) is 0 Å². The molecule has 0 bridgehead atoms.